The Morgan fingerprint density at radius 2 is 1.96 bits per heavy atom. The number of nitrogens with one attached hydrogen (secondary N) is 1. The van der Waals surface area contributed by atoms with Crippen LogP contribution in [0, 0.1) is 0 Å². The fourth-order valence-corrected chi connectivity index (χ4v) is 5.74. The van der Waals surface area contributed by atoms with Gasteiger partial charge in [-0.05, 0) is 24.6 Å². The Morgan fingerprint density at radius 1 is 1.15 bits per heavy atom. The second-order valence-corrected chi connectivity index (χ2v) is 9.55. The summed E-state index contributed by atoms with van der Waals surface area (Å²) >= 11 is 2.74. The van der Waals surface area contributed by atoms with Crippen molar-refractivity contribution in [3.05, 3.63) is 47.0 Å². The van der Waals surface area contributed by atoms with E-state index in [4.69, 9.17) is 9.47 Å². The summed E-state index contributed by atoms with van der Waals surface area (Å²) in [7, 11) is -0.521. The molecule has 0 amide bonds. The standard InChI is InChI=1S/C18H20N2O4S3/c1-4-13-11-25-18(20-13)16-7-8-17(26-16)27(21,22)19-10-12-5-6-14(23-2)9-15(12)24-3/h5-9,11,19H,4,10H2,1-3H3. The van der Waals surface area contributed by atoms with Gasteiger partial charge in [0.05, 0.1) is 24.8 Å². The smallest absolute Gasteiger partial charge is 0.250 e. The minimum absolute atomic E-state index is 0.125. The van der Waals surface area contributed by atoms with Crippen molar-refractivity contribution in [2.75, 3.05) is 14.2 Å². The molecule has 0 bridgehead atoms. The number of benzene rings is 1. The quantitative estimate of drug-likeness (QED) is 0.593. The molecule has 2 aromatic heterocycles. The SMILES string of the molecule is CCc1csc(-c2ccc(S(=O)(=O)NCc3ccc(OC)cc3OC)s2)n1. The first kappa shape index (κ1) is 19.8. The first-order chi connectivity index (χ1) is 13.0. The number of hydrogen-bond donors (Lipinski definition) is 1. The number of sulfonamides is 1. The summed E-state index contributed by atoms with van der Waals surface area (Å²) < 4.78 is 38.7. The monoisotopic (exact) mass is 424 g/mol. The summed E-state index contributed by atoms with van der Waals surface area (Å²) in [6.07, 6.45) is 0.859. The molecule has 1 aromatic carbocycles. The molecule has 0 fully saturated rings. The summed E-state index contributed by atoms with van der Waals surface area (Å²) in [6.45, 7) is 2.17. The van der Waals surface area contributed by atoms with Gasteiger partial charge < -0.3 is 9.47 Å². The molecule has 3 rings (SSSR count). The molecule has 0 radical (unpaired) electrons. The lowest BCUT2D eigenvalue weighted by Crippen LogP contribution is -2.22. The summed E-state index contributed by atoms with van der Waals surface area (Å²) in [5.41, 5.74) is 1.74. The highest BCUT2D eigenvalue weighted by molar-refractivity contribution is 7.91. The number of ether oxygens (including phenoxy) is 2. The van der Waals surface area contributed by atoms with Crippen molar-refractivity contribution in [3.63, 3.8) is 0 Å². The molecule has 0 aliphatic carbocycles. The Labute approximate surface area is 166 Å². The van der Waals surface area contributed by atoms with Crippen LogP contribution < -0.4 is 14.2 Å². The number of methoxy groups -OCH3 is 2. The number of nitrogens with zero attached hydrogens (tertiary/aromatic N) is 1. The highest BCUT2D eigenvalue weighted by Crippen LogP contribution is 2.33. The van der Waals surface area contributed by atoms with E-state index in [1.807, 2.05) is 12.3 Å². The average molecular weight is 425 g/mol. The second kappa shape index (κ2) is 8.39. The van der Waals surface area contributed by atoms with E-state index in [2.05, 4.69) is 9.71 Å². The lowest BCUT2D eigenvalue weighted by molar-refractivity contribution is 0.390. The molecular weight excluding hydrogens is 404 g/mol. The van der Waals surface area contributed by atoms with Gasteiger partial charge in [0, 0.05) is 23.6 Å². The topological polar surface area (TPSA) is 77.5 Å². The molecule has 0 saturated carbocycles. The van der Waals surface area contributed by atoms with E-state index in [0.29, 0.717) is 11.5 Å². The van der Waals surface area contributed by atoms with Crippen LogP contribution in [-0.2, 0) is 23.0 Å². The van der Waals surface area contributed by atoms with Crippen LogP contribution in [0.2, 0.25) is 0 Å². The molecule has 0 atom stereocenters. The molecule has 144 valence electrons. The van der Waals surface area contributed by atoms with E-state index < -0.39 is 10.0 Å². The minimum atomic E-state index is -3.63. The Balaban J connectivity index is 1.76. The van der Waals surface area contributed by atoms with E-state index in [0.717, 1.165) is 27.6 Å². The lowest BCUT2D eigenvalue weighted by Gasteiger charge is -2.11. The van der Waals surface area contributed by atoms with Gasteiger partial charge in [-0.15, -0.1) is 22.7 Å². The Kier molecular flexibility index (Phi) is 6.15. The number of hydrogen-bond acceptors (Lipinski definition) is 7. The van der Waals surface area contributed by atoms with Gasteiger partial charge in [-0.3, -0.25) is 0 Å². The molecule has 27 heavy (non-hydrogen) atoms. The van der Waals surface area contributed by atoms with Gasteiger partial charge in [0.25, 0.3) is 0 Å². The van der Waals surface area contributed by atoms with Crippen molar-refractivity contribution >= 4 is 32.7 Å². The molecule has 0 spiro atoms. The van der Waals surface area contributed by atoms with Gasteiger partial charge in [0.1, 0.15) is 20.7 Å². The van der Waals surface area contributed by atoms with Crippen molar-refractivity contribution in [1.82, 2.24) is 9.71 Å². The molecule has 0 aliphatic rings. The number of thiazole rings is 1. The van der Waals surface area contributed by atoms with Crippen LogP contribution in [0.5, 0.6) is 11.5 Å². The van der Waals surface area contributed by atoms with E-state index in [1.165, 1.54) is 29.8 Å². The molecule has 0 unspecified atom stereocenters. The maximum atomic E-state index is 12.7. The molecule has 6 nitrogen and oxygen atoms in total. The van der Waals surface area contributed by atoms with Crippen molar-refractivity contribution in [3.8, 4) is 21.4 Å². The van der Waals surface area contributed by atoms with Crippen LogP contribution in [0.25, 0.3) is 9.88 Å². The molecule has 2 heterocycles. The van der Waals surface area contributed by atoms with Gasteiger partial charge in [-0.25, -0.2) is 18.1 Å². The zero-order valence-corrected chi connectivity index (χ0v) is 17.6. The van der Waals surface area contributed by atoms with Gasteiger partial charge in [-0.2, -0.15) is 0 Å². The van der Waals surface area contributed by atoms with Gasteiger partial charge in [0.2, 0.25) is 10.0 Å². The fraction of sp³-hybridized carbons (Fsp3) is 0.278. The molecule has 9 heteroatoms. The van der Waals surface area contributed by atoms with Crippen LogP contribution >= 0.6 is 22.7 Å². The van der Waals surface area contributed by atoms with Crippen LogP contribution in [0.15, 0.2) is 39.9 Å². The predicted molar refractivity (Wildman–Crippen MR) is 108 cm³/mol. The molecule has 0 saturated heterocycles. The summed E-state index contributed by atoms with van der Waals surface area (Å²) in [4.78, 5) is 5.36. The number of aryl methyl sites for hydroxylation is 1. The zero-order valence-electron chi connectivity index (χ0n) is 15.2. The van der Waals surface area contributed by atoms with E-state index in [-0.39, 0.29) is 10.8 Å². The van der Waals surface area contributed by atoms with Crippen LogP contribution in [-0.4, -0.2) is 27.6 Å². The Morgan fingerprint density at radius 3 is 2.63 bits per heavy atom. The van der Waals surface area contributed by atoms with Crippen molar-refractivity contribution < 1.29 is 17.9 Å². The van der Waals surface area contributed by atoms with Gasteiger partial charge in [-0.1, -0.05) is 13.0 Å². The van der Waals surface area contributed by atoms with Crippen molar-refractivity contribution in [2.24, 2.45) is 0 Å². The van der Waals surface area contributed by atoms with Crippen LogP contribution in [0.1, 0.15) is 18.2 Å². The third-order valence-corrected chi connectivity index (χ3v) is 7.96. The predicted octanol–water partition coefficient (Wildman–Crippen LogP) is 3.93. The third-order valence-electron chi connectivity index (χ3n) is 3.92. The number of thiophene rings is 1. The molecule has 1 N–H and O–H groups in total. The Hall–Kier alpha value is -1.94. The largest absolute Gasteiger partial charge is 0.497 e. The second-order valence-electron chi connectivity index (χ2n) is 5.62. The van der Waals surface area contributed by atoms with E-state index >= 15 is 0 Å². The maximum absolute atomic E-state index is 12.7. The summed E-state index contributed by atoms with van der Waals surface area (Å²) in [5.74, 6) is 1.22. The molecule has 3 aromatic rings. The highest BCUT2D eigenvalue weighted by Gasteiger charge is 2.19. The van der Waals surface area contributed by atoms with Gasteiger partial charge in [0.15, 0.2) is 0 Å². The van der Waals surface area contributed by atoms with E-state index in [1.54, 1.807) is 37.4 Å². The van der Waals surface area contributed by atoms with Crippen LogP contribution in [0.4, 0.5) is 0 Å². The number of rotatable bonds is 8. The normalized spacial score (nSPS) is 11.5. The van der Waals surface area contributed by atoms with Crippen LogP contribution in [0.3, 0.4) is 0 Å². The maximum Gasteiger partial charge on any atom is 0.250 e. The summed E-state index contributed by atoms with van der Waals surface area (Å²) in [6, 6.07) is 8.68. The first-order valence-electron chi connectivity index (χ1n) is 8.22. The molecular formula is C18H20N2O4S3. The average Bonchev–Trinajstić information content (AvgIpc) is 3.35. The first-order valence-corrected chi connectivity index (χ1v) is 11.4. The van der Waals surface area contributed by atoms with Gasteiger partial charge >= 0.3 is 0 Å². The van der Waals surface area contributed by atoms with Crippen molar-refractivity contribution in [2.45, 2.75) is 24.1 Å². The number of aromatic nitrogens is 1. The third kappa shape index (κ3) is 4.49. The minimum Gasteiger partial charge on any atom is -0.497 e. The Bertz CT molecular complexity index is 1020. The zero-order chi connectivity index (χ0) is 19.4. The summed E-state index contributed by atoms with van der Waals surface area (Å²) in [5, 5.41) is 2.84. The van der Waals surface area contributed by atoms with Crippen molar-refractivity contribution in [1.29, 1.82) is 0 Å². The fourth-order valence-electron chi connectivity index (χ4n) is 2.40. The molecule has 0 aliphatic heterocycles. The van der Waals surface area contributed by atoms with E-state index in [9.17, 15) is 8.42 Å². The highest BCUT2D eigenvalue weighted by atomic mass is 32.2. The lowest BCUT2D eigenvalue weighted by atomic mass is 10.2.